The summed E-state index contributed by atoms with van der Waals surface area (Å²) in [5, 5.41) is 5.75. The minimum atomic E-state index is -0.443. The number of hydrogen-bond donors (Lipinski definition) is 2. The number of aromatic nitrogens is 1. The molecule has 6 nitrogen and oxygen atoms in total. The molecule has 0 spiro atoms. The van der Waals surface area contributed by atoms with Crippen LogP contribution in [0.3, 0.4) is 0 Å². The Morgan fingerprint density at radius 3 is 3.05 bits per heavy atom. The van der Waals surface area contributed by atoms with Gasteiger partial charge in [-0.25, -0.2) is 4.98 Å². The van der Waals surface area contributed by atoms with Gasteiger partial charge in [-0.15, -0.1) is 0 Å². The van der Waals surface area contributed by atoms with Crippen molar-refractivity contribution in [1.82, 2.24) is 10.3 Å². The van der Waals surface area contributed by atoms with Crippen molar-refractivity contribution in [2.24, 2.45) is 0 Å². The average Bonchev–Trinajstić information content (AvgIpc) is 2.87. The molecule has 1 aliphatic heterocycles. The van der Waals surface area contributed by atoms with E-state index in [1.807, 2.05) is 0 Å². The SMILES string of the molecule is O=C(Nc1ccc(Cl)cn1)c1coc2c1C(=O)NCC2. The Morgan fingerprint density at radius 2 is 2.30 bits per heavy atom. The highest BCUT2D eigenvalue weighted by molar-refractivity contribution is 6.30. The van der Waals surface area contributed by atoms with Crippen LogP contribution in [0.1, 0.15) is 26.5 Å². The number of halogens is 1. The van der Waals surface area contributed by atoms with Crippen LogP contribution in [0.4, 0.5) is 5.82 Å². The molecule has 7 heteroatoms. The number of furan rings is 1. The monoisotopic (exact) mass is 291 g/mol. The van der Waals surface area contributed by atoms with Crippen LogP contribution in [0.2, 0.25) is 5.02 Å². The molecule has 102 valence electrons. The molecule has 0 fully saturated rings. The summed E-state index contributed by atoms with van der Waals surface area (Å²) in [6.45, 7) is 0.513. The quantitative estimate of drug-likeness (QED) is 0.884. The van der Waals surface area contributed by atoms with Gasteiger partial charge in [0.1, 0.15) is 17.8 Å². The van der Waals surface area contributed by atoms with Crippen LogP contribution in [0.15, 0.2) is 29.0 Å². The molecular weight excluding hydrogens is 282 g/mol. The fourth-order valence-electron chi connectivity index (χ4n) is 2.01. The second-order valence-corrected chi connectivity index (χ2v) is 4.71. The van der Waals surface area contributed by atoms with Crippen molar-refractivity contribution >= 4 is 29.2 Å². The smallest absolute Gasteiger partial charge is 0.260 e. The van der Waals surface area contributed by atoms with Gasteiger partial charge in [-0.2, -0.15) is 0 Å². The highest BCUT2D eigenvalue weighted by atomic mass is 35.5. The molecular formula is C13H10ClN3O3. The summed E-state index contributed by atoms with van der Waals surface area (Å²) in [5.74, 6) is 0.143. The Hall–Kier alpha value is -2.34. The van der Waals surface area contributed by atoms with Crippen molar-refractivity contribution in [3.8, 4) is 0 Å². The van der Waals surface area contributed by atoms with Gasteiger partial charge in [0.05, 0.1) is 16.1 Å². The van der Waals surface area contributed by atoms with E-state index in [0.717, 1.165) is 0 Å². The fourth-order valence-corrected chi connectivity index (χ4v) is 2.12. The Bertz CT molecular complexity index is 679. The number of carbonyl (C=O) groups is 2. The number of fused-ring (bicyclic) bond motifs is 1. The molecule has 0 atom stereocenters. The van der Waals surface area contributed by atoms with E-state index in [1.54, 1.807) is 12.1 Å². The van der Waals surface area contributed by atoms with Crippen LogP contribution in [0.5, 0.6) is 0 Å². The highest BCUT2D eigenvalue weighted by Crippen LogP contribution is 2.21. The maximum atomic E-state index is 12.2. The molecule has 2 aromatic rings. The van der Waals surface area contributed by atoms with Gasteiger partial charge in [0, 0.05) is 19.2 Å². The van der Waals surface area contributed by atoms with Crippen molar-refractivity contribution in [2.75, 3.05) is 11.9 Å². The molecule has 1 aliphatic rings. The standard InChI is InChI=1S/C13H10ClN3O3/c14-7-1-2-10(16-5-7)17-12(18)8-6-20-9-3-4-15-13(19)11(8)9/h1-2,5-6H,3-4H2,(H,15,19)(H,16,17,18). The molecule has 2 aromatic heterocycles. The summed E-state index contributed by atoms with van der Waals surface area (Å²) >= 11 is 5.72. The molecule has 2 amide bonds. The van der Waals surface area contributed by atoms with Crippen molar-refractivity contribution in [3.05, 3.63) is 46.5 Å². The van der Waals surface area contributed by atoms with E-state index in [1.165, 1.54) is 12.5 Å². The zero-order chi connectivity index (χ0) is 14.1. The maximum Gasteiger partial charge on any atom is 0.260 e. The van der Waals surface area contributed by atoms with Crippen LogP contribution in [-0.4, -0.2) is 23.3 Å². The lowest BCUT2D eigenvalue weighted by Gasteiger charge is -2.12. The van der Waals surface area contributed by atoms with Gasteiger partial charge in [-0.1, -0.05) is 11.6 Å². The number of nitrogens with zero attached hydrogens (tertiary/aromatic N) is 1. The van der Waals surface area contributed by atoms with Gasteiger partial charge in [-0.05, 0) is 12.1 Å². The van der Waals surface area contributed by atoms with Crippen molar-refractivity contribution in [1.29, 1.82) is 0 Å². The van der Waals surface area contributed by atoms with Crippen LogP contribution in [0.25, 0.3) is 0 Å². The Kier molecular flexibility index (Phi) is 3.15. The van der Waals surface area contributed by atoms with Crippen LogP contribution >= 0.6 is 11.6 Å². The minimum Gasteiger partial charge on any atom is -0.468 e. The molecule has 0 bridgehead atoms. The van der Waals surface area contributed by atoms with Gasteiger partial charge in [0.2, 0.25) is 0 Å². The third kappa shape index (κ3) is 2.25. The third-order valence-corrected chi connectivity index (χ3v) is 3.17. The Morgan fingerprint density at radius 1 is 1.45 bits per heavy atom. The zero-order valence-corrected chi connectivity index (χ0v) is 11.0. The average molecular weight is 292 g/mol. The van der Waals surface area contributed by atoms with E-state index in [4.69, 9.17) is 16.0 Å². The predicted molar refractivity (Wildman–Crippen MR) is 71.9 cm³/mol. The lowest BCUT2D eigenvalue weighted by Crippen LogP contribution is -2.32. The van der Waals surface area contributed by atoms with Crippen LogP contribution < -0.4 is 10.6 Å². The fraction of sp³-hybridized carbons (Fsp3) is 0.154. The van der Waals surface area contributed by atoms with E-state index >= 15 is 0 Å². The topological polar surface area (TPSA) is 84.2 Å². The third-order valence-electron chi connectivity index (χ3n) is 2.95. The van der Waals surface area contributed by atoms with Gasteiger partial charge >= 0.3 is 0 Å². The molecule has 0 saturated carbocycles. The van der Waals surface area contributed by atoms with Crippen LogP contribution in [0, 0.1) is 0 Å². The van der Waals surface area contributed by atoms with E-state index < -0.39 is 5.91 Å². The summed E-state index contributed by atoms with van der Waals surface area (Å²) in [4.78, 5) is 27.9. The van der Waals surface area contributed by atoms with E-state index in [9.17, 15) is 9.59 Å². The van der Waals surface area contributed by atoms with Crippen LogP contribution in [-0.2, 0) is 6.42 Å². The maximum absolute atomic E-state index is 12.2. The first-order valence-corrected chi connectivity index (χ1v) is 6.34. The van der Waals surface area contributed by atoms with Gasteiger partial charge < -0.3 is 15.1 Å². The van der Waals surface area contributed by atoms with Crippen molar-refractivity contribution in [2.45, 2.75) is 6.42 Å². The summed E-state index contributed by atoms with van der Waals surface area (Å²) < 4.78 is 5.27. The van der Waals surface area contributed by atoms with Gasteiger partial charge in [-0.3, -0.25) is 9.59 Å². The molecule has 3 rings (SSSR count). The Balaban J connectivity index is 1.86. The molecule has 20 heavy (non-hydrogen) atoms. The van der Waals surface area contributed by atoms with Crippen molar-refractivity contribution in [3.63, 3.8) is 0 Å². The molecule has 0 radical (unpaired) electrons. The normalized spacial score (nSPS) is 13.6. The molecule has 0 saturated heterocycles. The number of amides is 2. The van der Waals surface area contributed by atoms with Crippen molar-refractivity contribution < 1.29 is 14.0 Å². The summed E-state index contributed by atoms with van der Waals surface area (Å²) in [7, 11) is 0. The number of anilines is 1. The number of hydrogen-bond acceptors (Lipinski definition) is 4. The summed E-state index contributed by atoms with van der Waals surface area (Å²) in [6.07, 6.45) is 3.29. The summed E-state index contributed by atoms with van der Waals surface area (Å²) in [6, 6.07) is 3.19. The highest BCUT2D eigenvalue weighted by Gasteiger charge is 2.27. The molecule has 0 aliphatic carbocycles. The number of nitrogens with one attached hydrogen (secondary N) is 2. The van der Waals surface area contributed by atoms with E-state index in [-0.39, 0.29) is 11.5 Å². The zero-order valence-electron chi connectivity index (χ0n) is 10.3. The number of rotatable bonds is 2. The van der Waals surface area contributed by atoms with Gasteiger partial charge in [0.25, 0.3) is 11.8 Å². The Labute approximate surface area is 119 Å². The first-order valence-electron chi connectivity index (χ1n) is 5.96. The first-order chi connectivity index (χ1) is 9.65. The summed E-state index contributed by atoms with van der Waals surface area (Å²) in [5.41, 5.74) is 0.497. The number of pyridine rings is 1. The lowest BCUT2D eigenvalue weighted by atomic mass is 10.0. The molecule has 0 aromatic carbocycles. The second kappa shape index (κ2) is 4.97. The largest absolute Gasteiger partial charge is 0.468 e. The van der Waals surface area contributed by atoms with E-state index in [2.05, 4.69) is 15.6 Å². The molecule has 3 heterocycles. The lowest BCUT2D eigenvalue weighted by molar-refractivity contribution is 0.0931. The number of carbonyl (C=O) groups excluding carboxylic acids is 2. The minimum absolute atomic E-state index is 0.203. The van der Waals surface area contributed by atoms with E-state index in [0.29, 0.717) is 35.1 Å². The predicted octanol–water partition coefficient (Wildman–Crippen LogP) is 1.87. The molecule has 2 N–H and O–H groups in total. The second-order valence-electron chi connectivity index (χ2n) is 4.27. The first kappa shape index (κ1) is 12.7. The molecule has 0 unspecified atom stereocenters. The van der Waals surface area contributed by atoms with Gasteiger partial charge in [0.15, 0.2) is 0 Å².